The molecule has 1 unspecified atom stereocenters. The molecule has 0 aromatic rings. The molecule has 0 heterocycles. The van der Waals surface area contributed by atoms with E-state index in [2.05, 4.69) is 0 Å². The lowest BCUT2D eigenvalue weighted by Gasteiger charge is -2.23. The van der Waals surface area contributed by atoms with Gasteiger partial charge in [0.2, 0.25) is 5.91 Å². The fourth-order valence-electron chi connectivity index (χ4n) is 1.37. The first-order valence-corrected chi connectivity index (χ1v) is 5.60. The molecule has 0 saturated carbocycles. The molecule has 5 heteroatoms. The maximum Gasteiger partial charge on any atom is 0.326 e. The van der Waals surface area contributed by atoms with Crippen molar-refractivity contribution in [2.24, 2.45) is 0 Å². The van der Waals surface area contributed by atoms with Crippen LogP contribution < -0.4 is 0 Å². The average molecular weight is 231 g/mol. The Labute approximate surface area is 96.4 Å². The van der Waals surface area contributed by atoms with E-state index in [4.69, 9.17) is 9.84 Å². The van der Waals surface area contributed by atoms with Crippen LogP contribution in [0.5, 0.6) is 0 Å². The Morgan fingerprint density at radius 3 is 2.38 bits per heavy atom. The minimum Gasteiger partial charge on any atom is -0.480 e. The van der Waals surface area contributed by atoms with Gasteiger partial charge in [0, 0.05) is 13.7 Å². The van der Waals surface area contributed by atoms with Crippen molar-refractivity contribution in [2.45, 2.75) is 39.2 Å². The molecule has 1 N–H and O–H groups in total. The predicted molar refractivity (Wildman–Crippen MR) is 60.2 cm³/mol. The summed E-state index contributed by atoms with van der Waals surface area (Å²) in [7, 11) is 1.52. The third kappa shape index (κ3) is 5.11. The lowest BCUT2D eigenvalue weighted by atomic mass is 10.2. The Balaban J connectivity index is 4.01. The topological polar surface area (TPSA) is 66.8 Å². The molecule has 0 spiro atoms. The number of aliphatic carboxylic acids is 1. The van der Waals surface area contributed by atoms with Crippen LogP contribution in [0.15, 0.2) is 0 Å². The minimum absolute atomic E-state index is 0.189. The molecular weight excluding hydrogens is 210 g/mol. The van der Waals surface area contributed by atoms with Crippen LogP contribution in [0.4, 0.5) is 0 Å². The van der Waals surface area contributed by atoms with E-state index in [0.717, 1.165) is 6.42 Å². The van der Waals surface area contributed by atoms with E-state index in [1.807, 2.05) is 6.92 Å². The molecule has 0 rings (SSSR count). The summed E-state index contributed by atoms with van der Waals surface area (Å²) in [5, 5.41) is 8.88. The number of likely N-dealkylation sites (N-methyl/N-ethyl adjacent to an activating group) is 1. The highest BCUT2D eigenvalue weighted by atomic mass is 16.5. The van der Waals surface area contributed by atoms with Gasteiger partial charge in [0.25, 0.3) is 0 Å². The molecule has 0 aliphatic rings. The number of ether oxygens (including phenoxy) is 1. The summed E-state index contributed by atoms with van der Waals surface area (Å²) < 4.78 is 5.18. The van der Waals surface area contributed by atoms with E-state index < -0.39 is 12.0 Å². The smallest absolute Gasteiger partial charge is 0.326 e. The first-order valence-electron chi connectivity index (χ1n) is 5.60. The average Bonchev–Trinajstić information content (AvgIpc) is 2.24. The molecule has 0 aliphatic heterocycles. The number of amides is 1. The second-order valence-corrected chi connectivity index (χ2v) is 3.63. The molecule has 1 atom stereocenters. The lowest BCUT2D eigenvalue weighted by molar-refractivity contribution is -0.149. The third-order valence-corrected chi connectivity index (χ3v) is 2.34. The summed E-state index contributed by atoms with van der Waals surface area (Å²) in [6.45, 7) is 4.72. The van der Waals surface area contributed by atoms with Gasteiger partial charge in [0.1, 0.15) is 6.04 Å². The number of carbonyl (C=O) groups is 2. The number of carboxylic acid groups (broad SMARTS) is 1. The SMILES string of the molecule is CCCOCCC(=O)N(C)C(CC)C(=O)O. The van der Waals surface area contributed by atoms with E-state index in [9.17, 15) is 9.59 Å². The second-order valence-electron chi connectivity index (χ2n) is 3.63. The van der Waals surface area contributed by atoms with Crippen molar-refractivity contribution in [2.75, 3.05) is 20.3 Å². The van der Waals surface area contributed by atoms with Gasteiger partial charge in [-0.25, -0.2) is 4.79 Å². The molecule has 1 amide bonds. The van der Waals surface area contributed by atoms with E-state index in [1.165, 1.54) is 11.9 Å². The first-order chi connectivity index (χ1) is 7.54. The molecule has 0 saturated heterocycles. The van der Waals surface area contributed by atoms with Crippen LogP contribution in [0.25, 0.3) is 0 Å². The van der Waals surface area contributed by atoms with Gasteiger partial charge >= 0.3 is 5.97 Å². The van der Waals surface area contributed by atoms with Crippen LogP contribution in [0.1, 0.15) is 33.1 Å². The Bertz CT molecular complexity index is 230. The lowest BCUT2D eigenvalue weighted by Crippen LogP contribution is -2.42. The van der Waals surface area contributed by atoms with Gasteiger partial charge in [0.15, 0.2) is 0 Å². The second kappa shape index (κ2) is 8.10. The highest BCUT2D eigenvalue weighted by Gasteiger charge is 2.23. The Morgan fingerprint density at radius 1 is 1.31 bits per heavy atom. The van der Waals surface area contributed by atoms with E-state index in [-0.39, 0.29) is 12.3 Å². The van der Waals surface area contributed by atoms with E-state index >= 15 is 0 Å². The molecule has 94 valence electrons. The van der Waals surface area contributed by atoms with Gasteiger partial charge in [-0.2, -0.15) is 0 Å². The number of carbonyl (C=O) groups excluding carboxylic acids is 1. The fraction of sp³-hybridized carbons (Fsp3) is 0.818. The summed E-state index contributed by atoms with van der Waals surface area (Å²) in [5.74, 6) is -1.15. The Kier molecular flexibility index (Phi) is 7.54. The van der Waals surface area contributed by atoms with E-state index in [0.29, 0.717) is 19.6 Å². The van der Waals surface area contributed by atoms with Gasteiger partial charge in [0.05, 0.1) is 13.0 Å². The van der Waals surface area contributed by atoms with Crippen molar-refractivity contribution in [1.29, 1.82) is 0 Å². The summed E-state index contributed by atoms with van der Waals surface area (Å²) in [6.07, 6.45) is 1.56. The van der Waals surface area contributed by atoms with Crippen molar-refractivity contribution >= 4 is 11.9 Å². The quantitative estimate of drug-likeness (QED) is 0.636. The first kappa shape index (κ1) is 14.9. The maximum atomic E-state index is 11.6. The molecule has 0 fully saturated rings. The fourth-order valence-corrected chi connectivity index (χ4v) is 1.37. The highest BCUT2D eigenvalue weighted by Crippen LogP contribution is 2.04. The van der Waals surface area contributed by atoms with Crippen molar-refractivity contribution < 1.29 is 19.4 Å². The number of hydrogen-bond donors (Lipinski definition) is 1. The number of rotatable bonds is 8. The molecular formula is C11H21NO4. The number of hydrogen-bond acceptors (Lipinski definition) is 3. The zero-order chi connectivity index (χ0) is 12.6. The molecule has 5 nitrogen and oxygen atoms in total. The summed E-state index contributed by atoms with van der Waals surface area (Å²) >= 11 is 0. The van der Waals surface area contributed by atoms with E-state index in [1.54, 1.807) is 6.92 Å². The van der Waals surface area contributed by atoms with Crippen LogP contribution in [-0.2, 0) is 14.3 Å². The Hall–Kier alpha value is -1.10. The van der Waals surface area contributed by atoms with Crippen molar-refractivity contribution in [3.05, 3.63) is 0 Å². The van der Waals surface area contributed by atoms with Crippen LogP contribution >= 0.6 is 0 Å². The molecule has 16 heavy (non-hydrogen) atoms. The van der Waals surface area contributed by atoms with Gasteiger partial charge in [-0.15, -0.1) is 0 Å². The Morgan fingerprint density at radius 2 is 1.94 bits per heavy atom. The highest BCUT2D eigenvalue weighted by molar-refractivity contribution is 5.83. The van der Waals surface area contributed by atoms with Crippen LogP contribution in [-0.4, -0.2) is 48.2 Å². The van der Waals surface area contributed by atoms with Crippen molar-refractivity contribution in [3.63, 3.8) is 0 Å². The van der Waals surface area contributed by atoms with Crippen LogP contribution in [0.3, 0.4) is 0 Å². The number of carboxylic acids is 1. The molecule has 0 aromatic carbocycles. The van der Waals surface area contributed by atoms with Gasteiger partial charge in [-0.05, 0) is 12.8 Å². The normalized spacial score (nSPS) is 12.2. The van der Waals surface area contributed by atoms with Crippen LogP contribution in [0, 0.1) is 0 Å². The summed E-state index contributed by atoms with van der Waals surface area (Å²) in [6, 6.07) is -0.737. The van der Waals surface area contributed by atoms with Gasteiger partial charge in [-0.3, -0.25) is 4.79 Å². The monoisotopic (exact) mass is 231 g/mol. The maximum absolute atomic E-state index is 11.6. The van der Waals surface area contributed by atoms with Crippen molar-refractivity contribution in [3.8, 4) is 0 Å². The van der Waals surface area contributed by atoms with Gasteiger partial charge in [-0.1, -0.05) is 13.8 Å². The van der Waals surface area contributed by atoms with Gasteiger partial charge < -0.3 is 14.7 Å². The minimum atomic E-state index is -0.965. The summed E-state index contributed by atoms with van der Waals surface area (Å²) in [5.41, 5.74) is 0. The zero-order valence-electron chi connectivity index (χ0n) is 10.2. The standard InChI is InChI=1S/C11H21NO4/c1-4-7-16-8-6-10(13)12(3)9(5-2)11(14)15/h9H,4-8H2,1-3H3,(H,14,15). The zero-order valence-corrected chi connectivity index (χ0v) is 10.2. The molecule has 0 aromatic heterocycles. The molecule has 0 radical (unpaired) electrons. The van der Waals surface area contributed by atoms with Crippen LogP contribution in [0.2, 0.25) is 0 Å². The molecule has 0 aliphatic carbocycles. The third-order valence-electron chi connectivity index (χ3n) is 2.34. The number of nitrogens with zero attached hydrogens (tertiary/aromatic N) is 1. The predicted octanol–water partition coefficient (Wildman–Crippen LogP) is 1.12. The largest absolute Gasteiger partial charge is 0.480 e. The molecule has 0 bridgehead atoms. The van der Waals surface area contributed by atoms with Crippen molar-refractivity contribution in [1.82, 2.24) is 4.90 Å². The summed E-state index contributed by atoms with van der Waals surface area (Å²) in [4.78, 5) is 23.7.